The normalized spacial score (nSPS) is 11.5. The Morgan fingerprint density at radius 2 is 2.09 bits per heavy atom. The Balaban J connectivity index is 2.46. The fourth-order valence-electron chi connectivity index (χ4n) is 1.82. The van der Waals surface area contributed by atoms with Gasteiger partial charge in [-0.25, -0.2) is 0 Å². The minimum Gasteiger partial charge on any atom is -0.507 e. The molecule has 0 atom stereocenters. The average Bonchev–Trinajstić information content (AvgIpc) is 2.51. The molecule has 116 valence electrons. The van der Waals surface area contributed by atoms with Gasteiger partial charge in [0.05, 0.1) is 0 Å². The van der Waals surface area contributed by atoms with Gasteiger partial charge in [0.15, 0.2) is 0 Å². The van der Waals surface area contributed by atoms with E-state index in [9.17, 15) is 10.2 Å². The number of pyridine rings is 1. The molecule has 0 saturated heterocycles. The molecule has 22 heavy (non-hydrogen) atoms. The molecule has 0 aliphatic rings. The predicted molar refractivity (Wildman–Crippen MR) is 88.2 cm³/mol. The molecule has 2 rings (SSSR count). The summed E-state index contributed by atoms with van der Waals surface area (Å²) in [6, 6.07) is 8.09. The van der Waals surface area contributed by atoms with Crippen molar-refractivity contribution in [3.05, 3.63) is 52.3 Å². The highest BCUT2D eigenvalue weighted by molar-refractivity contribution is 9.10. The lowest BCUT2D eigenvalue weighted by Crippen LogP contribution is -2.08. The van der Waals surface area contributed by atoms with Crippen molar-refractivity contribution in [3.8, 4) is 11.5 Å². The Labute approximate surface area is 137 Å². The number of halogens is 1. The molecular weight excluding hydrogens is 348 g/mol. The van der Waals surface area contributed by atoms with E-state index in [2.05, 4.69) is 33.0 Å². The van der Waals surface area contributed by atoms with E-state index in [-0.39, 0.29) is 22.9 Å². The molecule has 2 aromatic rings. The quantitative estimate of drug-likeness (QED) is 0.464. The Morgan fingerprint density at radius 1 is 1.27 bits per heavy atom. The summed E-state index contributed by atoms with van der Waals surface area (Å²) in [7, 11) is 0. The number of unbranched alkanes of at least 4 members (excludes halogenated alkanes) is 1. The summed E-state index contributed by atoms with van der Waals surface area (Å²) in [4.78, 5) is 9.44. The predicted octanol–water partition coefficient (Wildman–Crippen LogP) is 3.82. The number of hydrogen-bond acceptors (Lipinski definition) is 5. The van der Waals surface area contributed by atoms with Crippen LogP contribution in [0.2, 0.25) is 0 Å². The Bertz CT molecular complexity index is 674. The van der Waals surface area contributed by atoms with E-state index < -0.39 is 0 Å². The first-order valence-corrected chi connectivity index (χ1v) is 7.76. The number of oxime groups is 1. The summed E-state index contributed by atoms with van der Waals surface area (Å²) in [6.45, 7) is 2.51. The Morgan fingerprint density at radius 3 is 2.82 bits per heavy atom. The maximum Gasteiger partial charge on any atom is 0.143 e. The second kappa shape index (κ2) is 7.79. The number of phenolic OH excluding ortho intramolecular Hbond substituents is 1. The SMILES string of the molecule is CCCCO/N=C(/c1cc(Br)ccc1O)c1ncccc1O. The number of hydrogen-bond donors (Lipinski definition) is 2. The smallest absolute Gasteiger partial charge is 0.143 e. The topological polar surface area (TPSA) is 74.9 Å². The van der Waals surface area contributed by atoms with Crippen molar-refractivity contribution in [2.24, 2.45) is 5.16 Å². The molecule has 0 aliphatic carbocycles. The third kappa shape index (κ3) is 3.98. The van der Waals surface area contributed by atoms with Crippen molar-refractivity contribution >= 4 is 21.6 Å². The molecule has 0 bridgehead atoms. The van der Waals surface area contributed by atoms with E-state index in [4.69, 9.17) is 4.84 Å². The third-order valence-electron chi connectivity index (χ3n) is 2.97. The van der Waals surface area contributed by atoms with E-state index >= 15 is 0 Å². The van der Waals surface area contributed by atoms with Crippen LogP contribution in [0.15, 0.2) is 46.2 Å². The van der Waals surface area contributed by atoms with Crippen LogP contribution in [0.4, 0.5) is 0 Å². The summed E-state index contributed by atoms with van der Waals surface area (Å²) >= 11 is 3.36. The zero-order chi connectivity index (χ0) is 15.9. The van der Waals surface area contributed by atoms with Gasteiger partial charge < -0.3 is 15.1 Å². The van der Waals surface area contributed by atoms with Gasteiger partial charge in [-0.3, -0.25) is 4.98 Å². The van der Waals surface area contributed by atoms with Gasteiger partial charge in [-0.15, -0.1) is 0 Å². The number of nitrogens with zero attached hydrogens (tertiary/aromatic N) is 2. The number of benzene rings is 1. The van der Waals surface area contributed by atoms with Crippen LogP contribution in [0.5, 0.6) is 11.5 Å². The van der Waals surface area contributed by atoms with Gasteiger partial charge in [-0.1, -0.05) is 34.4 Å². The van der Waals surface area contributed by atoms with Gasteiger partial charge in [0.2, 0.25) is 0 Å². The van der Waals surface area contributed by atoms with Crippen molar-refractivity contribution in [2.75, 3.05) is 6.61 Å². The van der Waals surface area contributed by atoms with Crippen LogP contribution in [0.25, 0.3) is 0 Å². The molecule has 5 nitrogen and oxygen atoms in total. The van der Waals surface area contributed by atoms with Crippen LogP contribution in [-0.2, 0) is 4.84 Å². The molecule has 0 saturated carbocycles. The molecule has 2 N–H and O–H groups in total. The first-order chi connectivity index (χ1) is 10.6. The van der Waals surface area contributed by atoms with Gasteiger partial charge in [-0.2, -0.15) is 0 Å². The number of phenols is 1. The largest absolute Gasteiger partial charge is 0.507 e. The van der Waals surface area contributed by atoms with Gasteiger partial charge in [0.25, 0.3) is 0 Å². The van der Waals surface area contributed by atoms with E-state index in [1.165, 1.54) is 6.07 Å². The Hall–Kier alpha value is -2.08. The highest BCUT2D eigenvalue weighted by atomic mass is 79.9. The molecule has 1 aromatic carbocycles. The van der Waals surface area contributed by atoms with Crippen LogP contribution >= 0.6 is 15.9 Å². The maximum atomic E-state index is 10.1. The van der Waals surface area contributed by atoms with E-state index in [1.54, 1.807) is 30.5 Å². The Kier molecular flexibility index (Phi) is 5.77. The molecule has 6 heteroatoms. The second-order valence-electron chi connectivity index (χ2n) is 4.66. The van der Waals surface area contributed by atoms with Crippen molar-refractivity contribution in [1.82, 2.24) is 4.98 Å². The van der Waals surface area contributed by atoms with Crippen LogP contribution in [0, 0.1) is 0 Å². The van der Waals surface area contributed by atoms with E-state index in [0.29, 0.717) is 12.2 Å². The van der Waals surface area contributed by atoms with Crippen molar-refractivity contribution in [1.29, 1.82) is 0 Å². The minimum atomic E-state index is -0.0280. The fourth-order valence-corrected chi connectivity index (χ4v) is 2.18. The molecule has 0 unspecified atom stereocenters. The van der Waals surface area contributed by atoms with Gasteiger partial charge in [-0.05, 0) is 36.8 Å². The monoisotopic (exact) mass is 364 g/mol. The first-order valence-electron chi connectivity index (χ1n) is 6.96. The second-order valence-corrected chi connectivity index (χ2v) is 5.57. The lowest BCUT2D eigenvalue weighted by molar-refractivity contribution is 0.141. The standard InChI is InChI=1S/C16H17BrN2O3/c1-2-3-9-22-19-15(16-14(21)5-4-8-18-16)12-10-11(17)6-7-13(12)20/h4-8,10,20-21H,2-3,9H2,1H3/b19-15-. The highest BCUT2D eigenvalue weighted by Gasteiger charge is 2.18. The summed E-state index contributed by atoms with van der Waals surface area (Å²) in [6.07, 6.45) is 3.41. The van der Waals surface area contributed by atoms with E-state index in [1.807, 2.05) is 0 Å². The molecule has 0 spiro atoms. The van der Waals surface area contributed by atoms with Crippen LogP contribution in [0.3, 0.4) is 0 Å². The first kappa shape index (κ1) is 16.3. The van der Waals surface area contributed by atoms with Crippen molar-refractivity contribution < 1.29 is 15.1 Å². The molecule has 0 radical (unpaired) electrons. The number of rotatable bonds is 6. The van der Waals surface area contributed by atoms with Gasteiger partial charge >= 0.3 is 0 Å². The van der Waals surface area contributed by atoms with Crippen molar-refractivity contribution in [2.45, 2.75) is 19.8 Å². The van der Waals surface area contributed by atoms with E-state index in [0.717, 1.165) is 17.3 Å². The molecular formula is C16H17BrN2O3. The fraction of sp³-hybridized carbons (Fsp3) is 0.250. The van der Waals surface area contributed by atoms with Crippen LogP contribution in [-0.4, -0.2) is 27.5 Å². The van der Waals surface area contributed by atoms with Crippen LogP contribution in [0.1, 0.15) is 31.0 Å². The maximum absolute atomic E-state index is 10.1. The minimum absolute atomic E-state index is 0.0280. The summed E-state index contributed by atoms with van der Waals surface area (Å²) in [5, 5.41) is 24.2. The van der Waals surface area contributed by atoms with Crippen LogP contribution < -0.4 is 0 Å². The van der Waals surface area contributed by atoms with Gasteiger partial charge in [0.1, 0.15) is 29.5 Å². The number of aromatic hydroxyl groups is 2. The lowest BCUT2D eigenvalue weighted by atomic mass is 10.1. The highest BCUT2D eigenvalue weighted by Crippen LogP contribution is 2.27. The summed E-state index contributed by atoms with van der Waals surface area (Å²) < 4.78 is 0.775. The zero-order valence-electron chi connectivity index (χ0n) is 12.2. The molecule has 0 fully saturated rings. The molecule has 0 amide bonds. The summed E-state index contributed by atoms with van der Waals surface area (Å²) in [5.41, 5.74) is 0.972. The van der Waals surface area contributed by atoms with Crippen molar-refractivity contribution in [3.63, 3.8) is 0 Å². The number of aromatic nitrogens is 1. The molecule has 0 aliphatic heterocycles. The third-order valence-corrected chi connectivity index (χ3v) is 3.46. The summed E-state index contributed by atoms with van der Waals surface area (Å²) in [5.74, 6) is 0.00538. The average molecular weight is 365 g/mol. The zero-order valence-corrected chi connectivity index (χ0v) is 13.7. The lowest BCUT2D eigenvalue weighted by Gasteiger charge is -2.10. The molecule has 1 heterocycles. The molecule has 1 aromatic heterocycles. The van der Waals surface area contributed by atoms with Gasteiger partial charge in [0, 0.05) is 16.2 Å².